The second-order valence-corrected chi connectivity index (χ2v) is 5.91. The number of rotatable bonds is 7. The Balaban J connectivity index is 4.23. The Hall–Kier alpha value is -0.0800. The number of nitrogens with zero attached hydrogens (tertiary/aromatic N) is 1. The third kappa shape index (κ3) is 6.16. The van der Waals surface area contributed by atoms with Crippen LogP contribution in [0.5, 0.6) is 0 Å². The monoisotopic (exact) mass is 214 g/mol. The molecule has 0 fully saturated rings. The zero-order valence-electron chi connectivity index (χ0n) is 11.5. The quantitative estimate of drug-likeness (QED) is 0.706. The summed E-state index contributed by atoms with van der Waals surface area (Å²) in [6.07, 6.45) is 1.27. The van der Waals surface area contributed by atoms with Crippen LogP contribution in [0.3, 0.4) is 0 Å². The number of nitrogens with two attached hydrogens (primary N) is 1. The maximum absolute atomic E-state index is 5.78. The molecule has 0 rings (SSSR count). The molecular weight excluding hydrogens is 184 g/mol. The van der Waals surface area contributed by atoms with E-state index in [4.69, 9.17) is 5.73 Å². The normalized spacial score (nSPS) is 15.0. The van der Waals surface area contributed by atoms with E-state index in [-0.39, 0.29) is 5.41 Å². The van der Waals surface area contributed by atoms with Crippen LogP contribution in [0.1, 0.15) is 48.0 Å². The maximum atomic E-state index is 5.78. The zero-order chi connectivity index (χ0) is 12.1. The van der Waals surface area contributed by atoms with Crippen LogP contribution in [0.4, 0.5) is 0 Å². The summed E-state index contributed by atoms with van der Waals surface area (Å²) in [5.74, 6) is 0.773. The van der Waals surface area contributed by atoms with E-state index in [1.54, 1.807) is 0 Å². The van der Waals surface area contributed by atoms with Crippen molar-refractivity contribution >= 4 is 0 Å². The Morgan fingerprint density at radius 2 is 1.73 bits per heavy atom. The molecule has 0 aliphatic heterocycles. The third-order valence-electron chi connectivity index (χ3n) is 3.03. The van der Waals surface area contributed by atoms with Crippen LogP contribution >= 0.6 is 0 Å². The molecule has 0 aliphatic carbocycles. The second kappa shape index (κ2) is 6.49. The van der Waals surface area contributed by atoms with Crippen LogP contribution in [0.25, 0.3) is 0 Å². The van der Waals surface area contributed by atoms with Crippen LogP contribution in [0.15, 0.2) is 0 Å². The van der Waals surface area contributed by atoms with Crippen LogP contribution in [-0.4, -0.2) is 30.6 Å². The summed E-state index contributed by atoms with van der Waals surface area (Å²) in [7, 11) is 0. The van der Waals surface area contributed by atoms with Crippen molar-refractivity contribution in [1.29, 1.82) is 0 Å². The van der Waals surface area contributed by atoms with Gasteiger partial charge in [-0.3, -0.25) is 0 Å². The van der Waals surface area contributed by atoms with Gasteiger partial charge in [0.1, 0.15) is 0 Å². The minimum atomic E-state index is 0.237. The average molecular weight is 214 g/mol. The van der Waals surface area contributed by atoms with Gasteiger partial charge in [0, 0.05) is 12.6 Å². The highest BCUT2D eigenvalue weighted by Gasteiger charge is 2.22. The Kier molecular flexibility index (Phi) is 6.46. The molecule has 0 aromatic heterocycles. The first kappa shape index (κ1) is 14.9. The first-order chi connectivity index (χ1) is 6.82. The molecule has 1 atom stereocenters. The molecule has 0 aromatic carbocycles. The summed E-state index contributed by atoms with van der Waals surface area (Å²) in [5, 5.41) is 0. The summed E-state index contributed by atoms with van der Waals surface area (Å²) in [5.41, 5.74) is 6.02. The van der Waals surface area contributed by atoms with Crippen molar-refractivity contribution < 1.29 is 0 Å². The molecule has 0 saturated heterocycles. The van der Waals surface area contributed by atoms with Crippen LogP contribution in [0, 0.1) is 11.3 Å². The van der Waals surface area contributed by atoms with Crippen molar-refractivity contribution in [2.45, 2.75) is 54.0 Å². The van der Waals surface area contributed by atoms with Crippen molar-refractivity contribution in [3.8, 4) is 0 Å². The van der Waals surface area contributed by atoms with Gasteiger partial charge >= 0.3 is 0 Å². The summed E-state index contributed by atoms with van der Waals surface area (Å²) in [4.78, 5) is 2.55. The molecule has 0 saturated carbocycles. The maximum Gasteiger partial charge on any atom is 0.00694 e. The van der Waals surface area contributed by atoms with Gasteiger partial charge in [-0.2, -0.15) is 0 Å². The molecule has 1 unspecified atom stereocenters. The van der Waals surface area contributed by atoms with Gasteiger partial charge in [-0.05, 0) is 37.8 Å². The SMILES string of the molecule is CCN(CC(C)(C)CN)C(C)CC(C)C. The molecular formula is C13H30N2. The highest BCUT2D eigenvalue weighted by Crippen LogP contribution is 2.19. The predicted molar refractivity (Wildman–Crippen MR) is 69.0 cm³/mol. The third-order valence-corrected chi connectivity index (χ3v) is 3.03. The van der Waals surface area contributed by atoms with E-state index in [9.17, 15) is 0 Å². The van der Waals surface area contributed by atoms with Crippen molar-refractivity contribution in [2.24, 2.45) is 17.1 Å². The molecule has 0 aromatic rings. The summed E-state index contributed by atoms with van der Waals surface area (Å²) in [6.45, 7) is 16.6. The van der Waals surface area contributed by atoms with Crippen LogP contribution in [-0.2, 0) is 0 Å². The number of hydrogen-bond acceptors (Lipinski definition) is 2. The molecule has 2 nitrogen and oxygen atoms in total. The Labute approximate surface area is 96.2 Å². The van der Waals surface area contributed by atoms with E-state index in [1.165, 1.54) is 6.42 Å². The molecule has 0 radical (unpaired) electrons. The topological polar surface area (TPSA) is 29.3 Å². The van der Waals surface area contributed by atoms with Gasteiger partial charge in [0.05, 0.1) is 0 Å². The van der Waals surface area contributed by atoms with Crippen molar-refractivity contribution in [3.63, 3.8) is 0 Å². The number of hydrogen-bond donors (Lipinski definition) is 1. The van der Waals surface area contributed by atoms with E-state index >= 15 is 0 Å². The van der Waals surface area contributed by atoms with E-state index in [0.717, 1.165) is 25.6 Å². The Morgan fingerprint density at radius 3 is 2.07 bits per heavy atom. The highest BCUT2D eigenvalue weighted by molar-refractivity contribution is 4.77. The van der Waals surface area contributed by atoms with Gasteiger partial charge in [-0.1, -0.05) is 34.6 Å². The Morgan fingerprint density at radius 1 is 1.20 bits per heavy atom. The first-order valence-corrected chi connectivity index (χ1v) is 6.26. The van der Waals surface area contributed by atoms with Gasteiger partial charge in [0.15, 0.2) is 0 Å². The van der Waals surface area contributed by atoms with E-state index in [0.29, 0.717) is 6.04 Å². The van der Waals surface area contributed by atoms with Gasteiger partial charge in [-0.15, -0.1) is 0 Å². The average Bonchev–Trinajstić information content (AvgIpc) is 2.13. The summed E-state index contributed by atoms with van der Waals surface area (Å²) in [6, 6.07) is 0.667. The fourth-order valence-electron chi connectivity index (χ4n) is 2.02. The lowest BCUT2D eigenvalue weighted by molar-refractivity contribution is 0.134. The predicted octanol–water partition coefficient (Wildman–Crippen LogP) is 2.73. The highest BCUT2D eigenvalue weighted by atomic mass is 15.2. The van der Waals surface area contributed by atoms with Gasteiger partial charge in [0.25, 0.3) is 0 Å². The lowest BCUT2D eigenvalue weighted by Gasteiger charge is -2.35. The van der Waals surface area contributed by atoms with Crippen LogP contribution < -0.4 is 5.73 Å². The smallest absolute Gasteiger partial charge is 0.00694 e. The molecule has 0 spiro atoms. The lowest BCUT2D eigenvalue weighted by atomic mass is 9.91. The van der Waals surface area contributed by atoms with Gasteiger partial charge in [-0.25, -0.2) is 0 Å². The van der Waals surface area contributed by atoms with Gasteiger partial charge in [0.2, 0.25) is 0 Å². The Bertz CT molecular complexity index is 164. The van der Waals surface area contributed by atoms with Crippen molar-refractivity contribution in [3.05, 3.63) is 0 Å². The van der Waals surface area contributed by atoms with E-state index in [1.807, 2.05) is 0 Å². The van der Waals surface area contributed by atoms with Crippen LogP contribution in [0.2, 0.25) is 0 Å². The molecule has 0 bridgehead atoms. The summed E-state index contributed by atoms with van der Waals surface area (Å²) < 4.78 is 0. The fourth-order valence-corrected chi connectivity index (χ4v) is 2.02. The largest absolute Gasteiger partial charge is 0.330 e. The molecule has 2 heteroatoms. The zero-order valence-corrected chi connectivity index (χ0v) is 11.5. The minimum Gasteiger partial charge on any atom is -0.330 e. The van der Waals surface area contributed by atoms with Crippen molar-refractivity contribution in [2.75, 3.05) is 19.6 Å². The molecule has 0 amide bonds. The molecule has 15 heavy (non-hydrogen) atoms. The molecule has 92 valence electrons. The van der Waals surface area contributed by atoms with Crippen molar-refractivity contribution in [1.82, 2.24) is 4.90 Å². The first-order valence-electron chi connectivity index (χ1n) is 6.26. The molecule has 2 N–H and O–H groups in total. The van der Waals surface area contributed by atoms with Gasteiger partial charge < -0.3 is 10.6 Å². The van der Waals surface area contributed by atoms with E-state index in [2.05, 4.69) is 46.4 Å². The molecule has 0 heterocycles. The fraction of sp³-hybridized carbons (Fsp3) is 1.00. The summed E-state index contributed by atoms with van der Waals surface area (Å²) >= 11 is 0. The minimum absolute atomic E-state index is 0.237. The standard InChI is InChI=1S/C13H30N2/c1-7-15(10-13(5,6)9-14)12(4)8-11(2)3/h11-12H,7-10,14H2,1-6H3. The molecule has 0 aliphatic rings. The second-order valence-electron chi connectivity index (χ2n) is 5.91. The van der Waals surface area contributed by atoms with E-state index < -0.39 is 0 Å². The lowest BCUT2D eigenvalue weighted by Crippen LogP contribution is -2.43.